The van der Waals surface area contributed by atoms with E-state index in [0.717, 1.165) is 48.3 Å². The molecule has 0 amide bonds. The molecule has 47 heavy (non-hydrogen) atoms. The molecule has 2 aromatic carbocycles. The summed E-state index contributed by atoms with van der Waals surface area (Å²) in [5.74, 6) is 1.46. The third-order valence-electron chi connectivity index (χ3n) is 13.8. The molecule has 9 atom stereocenters. The molecule has 4 bridgehead atoms. The van der Waals surface area contributed by atoms with Gasteiger partial charge in [0.05, 0.1) is 22.2 Å². The Bertz CT molecular complexity index is 1920. The quantitative estimate of drug-likeness (QED) is 0.207. The number of aromatic hydroxyl groups is 2. The summed E-state index contributed by atoms with van der Waals surface area (Å²) in [5.41, 5.74) is 2.38. The first-order valence-corrected chi connectivity index (χ1v) is 16.9. The monoisotopic (exact) mass is 632 g/mol. The molecule has 242 valence electrons. The molecule has 5 fully saturated rings. The van der Waals surface area contributed by atoms with Crippen LogP contribution in [0.15, 0.2) is 72.4 Å². The molecule has 0 radical (unpaired) electrons. The van der Waals surface area contributed by atoms with Gasteiger partial charge in [-0.25, -0.2) is 0 Å². The summed E-state index contributed by atoms with van der Waals surface area (Å²) in [6, 6.07) is 7.75. The van der Waals surface area contributed by atoms with E-state index in [2.05, 4.69) is 36.9 Å². The largest absolute Gasteiger partial charge is 0.504 e. The number of phenolic OH excluding ortho intramolecular Hbond substituents is 2. The van der Waals surface area contributed by atoms with Crippen LogP contribution >= 0.6 is 0 Å². The predicted molar refractivity (Wildman–Crippen MR) is 178 cm³/mol. The van der Waals surface area contributed by atoms with Crippen LogP contribution in [0, 0.1) is 5.92 Å². The Balaban J connectivity index is 1.09. The standard InChI is InChI=1S/C38H40N4O5/c1-5-12-34-17-22-9-11-27(44)31-29(22)37-19-35(41-34,38(34,37)45)18-24(33(37)47-31)40-39-23(7-3)32-36-13-15-42(14-6-2)25(20(36)4)16-21-8-10-26(43)30(46-32)28(21)36/h5-11,20,25,32-33,41,43-45H,1-3,12-19H2,4H3/b39-23+,40-24+/t20-,25+,32-,33-,34+,35-,36-,37-,38-/m0/s1. The highest BCUT2D eigenvalue weighted by Gasteiger charge is 2.95. The summed E-state index contributed by atoms with van der Waals surface area (Å²) < 4.78 is 13.3. The summed E-state index contributed by atoms with van der Waals surface area (Å²) in [4.78, 5) is 2.51. The third-order valence-corrected chi connectivity index (χ3v) is 13.8. The van der Waals surface area contributed by atoms with Crippen molar-refractivity contribution in [3.8, 4) is 23.0 Å². The van der Waals surface area contributed by atoms with E-state index in [4.69, 9.17) is 19.7 Å². The molecule has 5 aliphatic carbocycles. The van der Waals surface area contributed by atoms with E-state index in [-0.39, 0.29) is 17.4 Å². The van der Waals surface area contributed by atoms with E-state index in [1.807, 2.05) is 24.3 Å². The number of nitrogens with zero attached hydrogens (tertiary/aromatic N) is 3. The molecule has 4 aliphatic heterocycles. The van der Waals surface area contributed by atoms with E-state index in [1.165, 1.54) is 5.56 Å². The van der Waals surface area contributed by atoms with Gasteiger partial charge in [0.15, 0.2) is 35.2 Å². The van der Waals surface area contributed by atoms with Gasteiger partial charge in [0.2, 0.25) is 0 Å². The highest BCUT2D eigenvalue weighted by Crippen LogP contribution is 2.80. The first-order chi connectivity index (χ1) is 22.6. The molecule has 9 heteroatoms. The van der Waals surface area contributed by atoms with Crippen LogP contribution in [0.4, 0.5) is 0 Å². The van der Waals surface area contributed by atoms with Crippen molar-refractivity contribution in [1.82, 2.24) is 10.2 Å². The van der Waals surface area contributed by atoms with E-state index in [0.29, 0.717) is 48.9 Å². The maximum absolute atomic E-state index is 12.7. The zero-order valence-corrected chi connectivity index (χ0v) is 26.6. The SMILES string of the molecule is C=CCN1CC[C@]23c4c(ccc(O)c4O[C@H]2/C(C=C)=N/N=C2\C[C@@]45C[C@]67c8c(ccc(O)c8O[C@@H]26)C[C@@](CC=C)(N4)[C@]57O)C[C@@H]1[C@@H]3C. The number of rotatable bonds is 7. The molecular formula is C38H40N4O5. The fourth-order valence-corrected chi connectivity index (χ4v) is 12.4. The molecule has 0 aromatic heterocycles. The van der Waals surface area contributed by atoms with Crippen LogP contribution < -0.4 is 14.8 Å². The van der Waals surface area contributed by atoms with Gasteiger partial charge in [-0.05, 0) is 73.9 Å². The summed E-state index contributed by atoms with van der Waals surface area (Å²) in [6.45, 7) is 16.2. The first kappa shape index (κ1) is 28.1. The van der Waals surface area contributed by atoms with Crippen LogP contribution in [-0.2, 0) is 23.7 Å². The molecule has 2 saturated heterocycles. The van der Waals surface area contributed by atoms with Crippen LogP contribution in [0.5, 0.6) is 23.0 Å². The molecular weight excluding hydrogens is 592 g/mol. The average molecular weight is 633 g/mol. The number of hydrogen-bond donors (Lipinski definition) is 4. The molecule has 0 unspecified atom stereocenters. The lowest BCUT2D eigenvalue weighted by molar-refractivity contribution is -0.343. The fourth-order valence-electron chi connectivity index (χ4n) is 12.4. The van der Waals surface area contributed by atoms with Crippen molar-refractivity contribution in [2.24, 2.45) is 16.1 Å². The van der Waals surface area contributed by atoms with E-state index < -0.39 is 39.7 Å². The maximum Gasteiger partial charge on any atom is 0.166 e. The van der Waals surface area contributed by atoms with Gasteiger partial charge in [0, 0.05) is 35.5 Å². The van der Waals surface area contributed by atoms with Crippen LogP contribution in [0.25, 0.3) is 0 Å². The van der Waals surface area contributed by atoms with Crippen LogP contribution in [-0.4, -0.2) is 79.7 Å². The second kappa shape index (κ2) is 8.56. The van der Waals surface area contributed by atoms with Crippen molar-refractivity contribution in [1.29, 1.82) is 0 Å². The van der Waals surface area contributed by atoms with Crippen molar-refractivity contribution in [3.63, 3.8) is 0 Å². The van der Waals surface area contributed by atoms with Crippen molar-refractivity contribution in [2.45, 2.75) is 91.2 Å². The summed E-state index contributed by atoms with van der Waals surface area (Å²) in [6.07, 6.45) is 8.73. The number of phenols is 2. The van der Waals surface area contributed by atoms with Gasteiger partial charge in [-0.2, -0.15) is 10.2 Å². The minimum atomic E-state index is -1.06. The number of piperidine rings is 2. The second-order valence-electron chi connectivity index (χ2n) is 15.3. The zero-order chi connectivity index (χ0) is 32.3. The average Bonchev–Trinajstić information content (AvgIpc) is 3.59. The smallest absolute Gasteiger partial charge is 0.166 e. The number of likely N-dealkylation sites (tertiary alicyclic amines) is 1. The number of benzene rings is 2. The van der Waals surface area contributed by atoms with Gasteiger partial charge >= 0.3 is 0 Å². The van der Waals surface area contributed by atoms with Crippen LogP contribution in [0.3, 0.4) is 0 Å². The maximum atomic E-state index is 12.7. The highest BCUT2D eigenvalue weighted by molar-refractivity contribution is 6.03. The first-order valence-electron chi connectivity index (χ1n) is 16.9. The number of ether oxygens (including phenoxy) is 2. The van der Waals surface area contributed by atoms with E-state index in [1.54, 1.807) is 18.2 Å². The number of hydrogen-bond acceptors (Lipinski definition) is 9. The Morgan fingerprint density at radius 1 is 1.04 bits per heavy atom. The van der Waals surface area contributed by atoms with Crippen molar-refractivity contribution >= 4 is 11.4 Å². The lowest BCUT2D eigenvalue weighted by atomic mass is 9.26. The Hall–Kier alpha value is -3.92. The van der Waals surface area contributed by atoms with Gasteiger partial charge in [-0.3, -0.25) is 10.2 Å². The summed E-state index contributed by atoms with van der Waals surface area (Å²) in [5, 5.41) is 48.4. The van der Waals surface area contributed by atoms with Gasteiger partial charge in [-0.15, -0.1) is 13.2 Å². The Kier molecular flexibility index (Phi) is 5.12. The van der Waals surface area contributed by atoms with E-state index in [9.17, 15) is 15.3 Å². The van der Waals surface area contributed by atoms with Crippen molar-refractivity contribution in [2.75, 3.05) is 13.1 Å². The molecule has 11 rings (SSSR count). The third kappa shape index (κ3) is 2.74. The van der Waals surface area contributed by atoms with Crippen LogP contribution in [0.1, 0.15) is 54.9 Å². The number of nitrogens with one attached hydrogen (secondary N) is 1. The lowest BCUT2D eigenvalue weighted by Crippen LogP contribution is -3.07. The molecule has 2 aromatic rings. The zero-order valence-electron chi connectivity index (χ0n) is 26.6. The van der Waals surface area contributed by atoms with Gasteiger partial charge in [0.25, 0.3) is 0 Å². The highest BCUT2D eigenvalue weighted by atomic mass is 16.5. The van der Waals surface area contributed by atoms with Crippen molar-refractivity contribution in [3.05, 3.63) is 84.5 Å². The Labute approximate surface area is 274 Å². The van der Waals surface area contributed by atoms with E-state index >= 15 is 0 Å². The molecule has 9 aliphatic rings. The predicted octanol–water partition coefficient (Wildman–Crippen LogP) is 3.98. The van der Waals surface area contributed by atoms with Gasteiger partial charge in [-0.1, -0.05) is 37.8 Å². The minimum absolute atomic E-state index is 0.0854. The second-order valence-corrected chi connectivity index (χ2v) is 15.3. The Morgan fingerprint density at radius 3 is 2.55 bits per heavy atom. The molecule has 4 heterocycles. The number of fused-ring (bicyclic) bond motifs is 2. The fraction of sp³-hybridized carbons (Fsp3) is 0.474. The topological polar surface area (TPSA) is 119 Å². The van der Waals surface area contributed by atoms with Crippen molar-refractivity contribution < 1.29 is 24.8 Å². The van der Waals surface area contributed by atoms with Gasteiger partial charge < -0.3 is 24.8 Å². The summed E-state index contributed by atoms with van der Waals surface area (Å²) in [7, 11) is 0. The molecule has 4 N–H and O–H groups in total. The van der Waals surface area contributed by atoms with Crippen LogP contribution in [0.2, 0.25) is 0 Å². The normalized spacial score (nSPS) is 43.1. The molecule has 3 spiro atoms. The lowest BCUT2D eigenvalue weighted by Gasteiger charge is -2.86. The summed E-state index contributed by atoms with van der Waals surface area (Å²) >= 11 is 0. The van der Waals surface area contributed by atoms with Gasteiger partial charge in [0.1, 0.15) is 11.3 Å². The minimum Gasteiger partial charge on any atom is -0.504 e. The molecule has 3 saturated carbocycles. The molecule has 9 nitrogen and oxygen atoms in total. The Morgan fingerprint density at radius 2 is 1.81 bits per heavy atom. The number of aliphatic hydroxyl groups is 1.